The molecule has 1 nitrogen and oxygen atoms in total. The largest absolute Gasteiger partial charge is 0.310 e. The fourth-order valence-electron chi connectivity index (χ4n) is 9.74. The molecular weight excluding hydrogens is 735 g/mol. The first kappa shape index (κ1) is 35.0. The molecule has 0 aromatic heterocycles. The molecule has 0 bridgehead atoms. The minimum Gasteiger partial charge on any atom is -0.310 e. The molecule has 0 saturated carbocycles. The van der Waals surface area contributed by atoms with E-state index in [4.69, 9.17) is 0 Å². The van der Waals surface area contributed by atoms with Crippen LogP contribution in [-0.2, 0) is 0 Å². The van der Waals surface area contributed by atoms with E-state index >= 15 is 0 Å². The first-order valence-electron chi connectivity index (χ1n) is 21.1. The van der Waals surface area contributed by atoms with Crippen molar-refractivity contribution >= 4 is 81.7 Å². The Hall–Kier alpha value is -8.00. The van der Waals surface area contributed by atoms with Gasteiger partial charge in [-0.3, -0.25) is 0 Å². The van der Waals surface area contributed by atoms with Gasteiger partial charge >= 0.3 is 0 Å². The van der Waals surface area contributed by atoms with Crippen LogP contribution in [0.5, 0.6) is 0 Å². The Morgan fingerprint density at radius 1 is 0.230 bits per heavy atom. The van der Waals surface area contributed by atoms with Crippen molar-refractivity contribution in [1.82, 2.24) is 0 Å². The Labute approximate surface area is 355 Å². The van der Waals surface area contributed by atoms with Crippen LogP contribution in [0.25, 0.3) is 98.0 Å². The average molecular weight is 774 g/mol. The van der Waals surface area contributed by atoms with E-state index in [-0.39, 0.29) is 0 Å². The molecule has 0 aliphatic carbocycles. The summed E-state index contributed by atoms with van der Waals surface area (Å²) in [6.45, 7) is 0. The Morgan fingerprint density at radius 3 is 1.43 bits per heavy atom. The Bertz CT molecular complexity index is 3620. The van der Waals surface area contributed by atoms with Crippen LogP contribution in [-0.4, -0.2) is 0 Å². The van der Waals surface area contributed by atoms with Gasteiger partial charge in [0.2, 0.25) is 0 Å². The number of hydrogen-bond donors (Lipinski definition) is 0. The third kappa shape index (κ3) is 5.86. The van der Waals surface area contributed by atoms with Crippen LogP contribution in [0.4, 0.5) is 17.1 Å². The zero-order chi connectivity index (χ0) is 40.3. The lowest BCUT2D eigenvalue weighted by Crippen LogP contribution is -2.10. The van der Waals surface area contributed by atoms with Gasteiger partial charge in [-0.15, -0.1) is 0 Å². The summed E-state index contributed by atoms with van der Waals surface area (Å²) in [7, 11) is 0. The van der Waals surface area contributed by atoms with E-state index in [0.29, 0.717) is 0 Å². The van der Waals surface area contributed by atoms with Crippen molar-refractivity contribution in [2.45, 2.75) is 0 Å². The molecule has 0 unspecified atom stereocenters. The third-order valence-corrected chi connectivity index (χ3v) is 12.6. The topological polar surface area (TPSA) is 3.24 Å². The number of nitrogens with zero attached hydrogens (tertiary/aromatic N) is 1. The highest BCUT2D eigenvalue weighted by Crippen LogP contribution is 2.46. The summed E-state index contributed by atoms with van der Waals surface area (Å²) in [6, 6.07) is 86.8. The van der Waals surface area contributed by atoms with Crippen LogP contribution in [0.2, 0.25) is 0 Å². The molecule has 0 heterocycles. The first-order chi connectivity index (χ1) is 30.3. The Morgan fingerprint density at radius 2 is 0.705 bits per heavy atom. The SMILES string of the molecule is c1ccc(-c2ccc(-c3ccc(N(c4ccc5c(c4)c4ccccc4c4ccc6ccccc6c45)c4ccc(-c5cccc6ccccc56)c5ccccc45)cc3)cc2)cc1. The molecular formula is C60H39N. The van der Waals surface area contributed by atoms with E-state index in [0.717, 1.165) is 17.1 Å². The van der Waals surface area contributed by atoms with Crippen molar-refractivity contribution in [3.63, 3.8) is 0 Å². The second-order valence-electron chi connectivity index (χ2n) is 16.0. The smallest absolute Gasteiger partial charge is 0.0540 e. The molecule has 0 radical (unpaired) electrons. The number of rotatable bonds is 6. The molecule has 0 atom stereocenters. The van der Waals surface area contributed by atoms with Gasteiger partial charge < -0.3 is 4.90 Å². The summed E-state index contributed by atoms with van der Waals surface area (Å²) in [5.41, 5.74) is 10.6. The summed E-state index contributed by atoms with van der Waals surface area (Å²) in [4.78, 5) is 2.46. The normalized spacial score (nSPS) is 11.6. The van der Waals surface area contributed by atoms with E-state index in [1.54, 1.807) is 0 Å². The molecule has 0 fully saturated rings. The molecule has 284 valence electrons. The van der Waals surface area contributed by atoms with E-state index < -0.39 is 0 Å². The van der Waals surface area contributed by atoms with Crippen LogP contribution < -0.4 is 4.90 Å². The predicted octanol–water partition coefficient (Wildman–Crippen LogP) is 17.1. The second kappa shape index (κ2) is 14.4. The van der Waals surface area contributed by atoms with Crippen LogP contribution in [0.15, 0.2) is 237 Å². The highest BCUT2D eigenvalue weighted by molar-refractivity contribution is 6.31. The quantitative estimate of drug-likeness (QED) is 0.152. The molecule has 0 aliphatic heterocycles. The van der Waals surface area contributed by atoms with E-state index in [9.17, 15) is 0 Å². The molecule has 1 heteroatoms. The molecule has 0 amide bonds. The van der Waals surface area contributed by atoms with Gasteiger partial charge in [-0.2, -0.15) is 0 Å². The van der Waals surface area contributed by atoms with Crippen molar-refractivity contribution in [3.05, 3.63) is 237 Å². The fourth-order valence-corrected chi connectivity index (χ4v) is 9.74. The zero-order valence-electron chi connectivity index (χ0n) is 33.5. The van der Waals surface area contributed by atoms with Gasteiger partial charge in [-0.05, 0) is 123 Å². The molecule has 0 saturated heterocycles. The lowest BCUT2D eigenvalue weighted by molar-refractivity contribution is 1.30. The summed E-state index contributed by atoms with van der Waals surface area (Å²) in [6.07, 6.45) is 0. The zero-order valence-corrected chi connectivity index (χ0v) is 33.5. The third-order valence-electron chi connectivity index (χ3n) is 12.6. The standard InChI is InChI=1S/C60H39N/c1-2-13-40(14-3-1)41-25-27-42(28-26-41)43-29-32-46(33-30-43)61(59-38-37-54(51-20-10-11-23-55(51)59)50-24-12-17-44-15-4-6-18-48(44)50)47-34-36-57-58(39-47)53-22-9-8-21-52(53)56-35-31-45-16-5-7-19-49(45)60(56)57/h1-39H. The van der Waals surface area contributed by atoms with E-state index in [2.05, 4.69) is 241 Å². The van der Waals surface area contributed by atoms with Gasteiger partial charge in [0.25, 0.3) is 0 Å². The number of anilines is 3. The minimum absolute atomic E-state index is 1.10. The Balaban J connectivity index is 1.07. The van der Waals surface area contributed by atoms with Crippen molar-refractivity contribution in [2.24, 2.45) is 0 Å². The van der Waals surface area contributed by atoms with Crippen LogP contribution in [0.3, 0.4) is 0 Å². The molecule has 61 heavy (non-hydrogen) atoms. The summed E-state index contributed by atoms with van der Waals surface area (Å²) >= 11 is 0. The Kier molecular flexibility index (Phi) is 8.25. The minimum atomic E-state index is 1.10. The molecule has 12 aromatic carbocycles. The van der Waals surface area contributed by atoms with Gasteiger partial charge in [0.05, 0.1) is 5.69 Å². The molecule has 12 rings (SSSR count). The second-order valence-corrected chi connectivity index (χ2v) is 16.0. The van der Waals surface area contributed by atoms with Gasteiger partial charge in [-0.1, -0.05) is 206 Å². The van der Waals surface area contributed by atoms with Crippen molar-refractivity contribution in [1.29, 1.82) is 0 Å². The maximum Gasteiger partial charge on any atom is 0.0540 e. The van der Waals surface area contributed by atoms with Crippen molar-refractivity contribution in [3.8, 4) is 33.4 Å². The fraction of sp³-hybridized carbons (Fsp3) is 0. The highest BCUT2D eigenvalue weighted by atomic mass is 15.1. The summed E-state index contributed by atoms with van der Waals surface area (Å²) in [5, 5.41) is 15.1. The number of hydrogen-bond acceptors (Lipinski definition) is 1. The molecule has 0 N–H and O–H groups in total. The summed E-state index contributed by atoms with van der Waals surface area (Å²) < 4.78 is 0. The van der Waals surface area contributed by atoms with Crippen molar-refractivity contribution < 1.29 is 0 Å². The van der Waals surface area contributed by atoms with Crippen LogP contribution in [0, 0.1) is 0 Å². The van der Waals surface area contributed by atoms with E-state index in [1.807, 2.05) is 0 Å². The van der Waals surface area contributed by atoms with Crippen LogP contribution in [0.1, 0.15) is 0 Å². The number of benzene rings is 12. The van der Waals surface area contributed by atoms with Gasteiger partial charge in [0.1, 0.15) is 0 Å². The van der Waals surface area contributed by atoms with Gasteiger partial charge in [0.15, 0.2) is 0 Å². The van der Waals surface area contributed by atoms with Crippen molar-refractivity contribution in [2.75, 3.05) is 4.90 Å². The lowest BCUT2D eigenvalue weighted by Gasteiger charge is -2.28. The molecule has 0 aliphatic rings. The van der Waals surface area contributed by atoms with Gasteiger partial charge in [0, 0.05) is 16.8 Å². The molecule has 0 spiro atoms. The number of fused-ring (bicyclic) bond motifs is 10. The van der Waals surface area contributed by atoms with E-state index in [1.165, 1.54) is 98.0 Å². The maximum absolute atomic E-state index is 2.46. The maximum atomic E-state index is 2.46. The van der Waals surface area contributed by atoms with Crippen LogP contribution >= 0.6 is 0 Å². The predicted molar refractivity (Wildman–Crippen MR) is 262 cm³/mol. The first-order valence-corrected chi connectivity index (χ1v) is 21.1. The molecule has 12 aromatic rings. The monoisotopic (exact) mass is 773 g/mol. The average Bonchev–Trinajstić information content (AvgIpc) is 3.34. The lowest BCUT2D eigenvalue weighted by atomic mass is 9.90. The van der Waals surface area contributed by atoms with Gasteiger partial charge in [-0.25, -0.2) is 0 Å². The highest BCUT2D eigenvalue weighted by Gasteiger charge is 2.20. The summed E-state index contributed by atoms with van der Waals surface area (Å²) in [5.74, 6) is 0.